The molecule has 0 amide bonds. The molecule has 2 aromatic carbocycles. The Morgan fingerprint density at radius 3 is 2.63 bits per heavy atom. The molecule has 2 heterocycles. The number of nitrogens with one attached hydrogen (secondary N) is 1. The topological polar surface area (TPSA) is 44.3 Å². The summed E-state index contributed by atoms with van der Waals surface area (Å²) in [6.07, 6.45) is 6.43. The fraction of sp³-hybridized carbons (Fsp3) is 0.333. The first-order valence-corrected chi connectivity index (χ1v) is 13.0. The molecule has 8 heteroatoms. The summed E-state index contributed by atoms with van der Waals surface area (Å²) in [5, 5.41) is 3.17. The van der Waals surface area contributed by atoms with Gasteiger partial charge < -0.3 is 10.2 Å². The third-order valence-corrected chi connectivity index (χ3v) is 7.18. The van der Waals surface area contributed by atoms with Gasteiger partial charge in [0.2, 0.25) is 5.82 Å². The maximum absolute atomic E-state index is 15.5. The van der Waals surface area contributed by atoms with E-state index >= 15 is 4.39 Å². The Bertz CT molecular complexity index is 1200. The average molecular weight is 587 g/mol. The van der Waals surface area contributed by atoms with Gasteiger partial charge in [0.05, 0.1) is 0 Å². The van der Waals surface area contributed by atoms with Crippen LogP contribution in [0.1, 0.15) is 30.4 Å². The highest BCUT2D eigenvalue weighted by Crippen LogP contribution is 2.35. The van der Waals surface area contributed by atoms with Crippen molar-refractivity contribution in [3.8, 4) is 0 Å². The number of anilines is 2. The van der Waals surface area contributed by atoms with Crippen molar-refractivity contribution in [2.45, 2.75) is 38.4 Å². The normalized spacial score (nSPS) is 16.1. The molecule has 0 bridgehead atoms. The molecule has 1 aliphatic carbocycles. The minimum Gasteiger partial charge on any atom is -0.364 e. The Labute approximate surface area is 218 Å². The predicted octanol–water partition coefficient (Wildman–Crippen LogP) is 5.77. The van der Waals surface area contributed by atoms with Gasteiger partial charge in [-0.3, -0.25) is 4.90 Å². The van der Waals surface area contributed by atoms with Crippen LogP contribution in [0.4, 0.5) is 20.4 Å². The van der Waals surface area contributed by atoms with Crippen molar-refractivity contribution < 1.29 is 8.78 Å². The van der Waals surface area contributed by atoms with Crippen LogP contribution >= 0.6 is 22.6 Å². The van der Waals surface area contributed by atoms with Gasteiger partial charge in [-0.1, -0.05) is 48.0 Å². The highest BCUT2D eigenvalue weighted by molar-refractivity contribution is 14.1. The molecule has 1 N–H and O–H groups in total. The van der Waals surface area contributed by atoms with Gasteiger partial charge in [-0.05, 0) is 59.5 Å². The van der Waals surface area contributed by atoms with Gasteiger partial charge >= 0.3 is 0 Å². The zero-order valence-corrected chi connectivity index (χ0v) is 21.6. The highest BCUT2D eigenvalue weighted by atomic mass is 127. The molecule has 35 heavy (non-hydrogen) atoms. The Hall–Kier alpha value is -2.59. The summed E-state index contributed by atoms with van der Waals surface area (Å²) in [5.41, 5.74) is 3.09. The number of halogens is 3. The van der Waals surface area contributed by atoms with Crippen LogP contribution in [-0.2, 0) is 13.1 Å². The second kappa shape index (κ2) is 11.0. The van der Waals surface area contributed by atoms with E-state index in [4.69, 9.17) is 0 Å². The molecule has 5 nitrogen and oxygen atoms in total. The zero-order valence-electron chi connectivity index (χ0n) is 19.4. The molecular weight excluding hydrogens is 559 g/mol. The zero-order chi connectivity index (χ0) is 24.2. The van der Waals surface area contributed by atoms with Crippen molar-refractivity contribution in [3.63, 3.8) is 0 Å². The largest absolute Gasteiger partial charge is 0.364 e. The summed E-state index contributed by atoms with van der Waals surface area (Å²) >= 11 is 2.09. The van der Waals surface area contributed by atoms with Gasteiger partial charge in [-0.25, -0.2) is 14.4 Å². The fourth-order valence-electron chi connectivity index (χ4n) is 4.38. The summed E-state index contributed by atoms with van der Waals surface area (Å²) in [6.45, 7) is 3.60. The number of nitrogens with zero attached hydrogens (tertiary/aromatic N) is 4. The molecule has 182 valence electrons. The first kappa shape index (κ1) is 24.1. The second-order valence-electron chi connectivity index (χ2n) is 9.14. The number of hydrogen-bond acceptors (Lipinski definition) is 5. The van der Waals surface area contributed by atoms with Gasteiger partial charge in [-0.2, -0.15) is 4.39 Å². The second-order valence-corrected chi connectivity index (χ2v) is 10.4. The SMILES string of the molecule is Fc1cc(I)ccc1CN(c1ncnc(NCC2=CCN(Cc3ccccc3)CC2)c1F)C1CC1. The molecule has 1 aliphatic heterocycles. The van der Waals surface area contributed by atoms with Crippen molar-refractivity contribution >= 4 is 34.2 Å². The van der Waals surface area contributed by atoms with Gasteiger partial charge in [-0.15, -0.1) is 0 Å². The molecule has 0 unspecified atom stereocenters. The van der Waals surface area contributed by atoms with E-state index in [1.54, 1.807) is 6.07 Å². The standard InChI is InChI=1S/C27H28F2IN5/c28-24-14-22(30)7-6-21(24)17-35(23-8-9-23)27-25(29)26(32-18-33-27)31-15-19-10-12-34(13-11-19)16-20-4-2-1-3-5-20/h1-7,10,14,18,23H,8-9,11-13,15-17H2,(H,31,32,33). The lowest BCUT2D eigenvalue weighted by Crippen LogP contribution is -2.30. The van der Waals surface area contributed by atoms with Crippen molar-refractivity contribution in [2.24, 2.45) is 0 Å². The molecule has 0 radical (unpaired) electrons. The lowest BCUT2D eigenvalue weighted by Gasteiger charge is -2.27. The Morgan fingerprint density at radius 1 is 1.09 bits per heavy atom. The summed E-state index contributed by atoms with van der Waals surface area (Å²) in [7, 11) is 0. The van der Waals surface area contributed by atoms with Crippen LogP contribution in [-0.4, -0.2) is 40.5 Å². The van der Waals surface area contributed by atoms with Gasteiger partial charge in [0.25, 0.3) is 0 Å². The summed E-state index contributed by atoms with van der Waals surface area (Å²) in [6, 6.07) is 15.8. The quantitative estimate of drug-likeness (QED) is 0.255. The Kier molecular flexibility index (Phi) is 7.57. The number of benzene rings is 2. The van der Waals surface area contributed by atoms with Gasteiger partial charge in [0.1, 0.15) is 12.1 Å². The number of hydrogen-bond donors (Lipinski definition) is 1. The average Bonchev–Trinajstić information content (AvgIpc) is 3.70. The molecule has 1 fully saturated rings. The molecule has 0 spiro atoms. The molecule has 0 atom stereocenters. The van der Waals surface area contributed by atoms with Crippen LogP contribution in [0.5, 0.6) is 0 Å². The van der Waals surface area contributed by atoms with Crippen LogP contribution in [0, 0.1) is 15.2 Å². The number of aromatic nitrogens is 2. The van der Waals surface area contributed by atoms with Crippen LogP contribution in [0.2, 0.25) is 0 Å². The Morgan fingerprint density at radius 2 is 1.91 bits per heavy atom. The molecule has 1 saturated carbocycles. The van der Waals surface area contributed by atoms with Crippen LogP contribution in [0.25, 0.3) is 0 Å². The third kappa shape index (κ3) is 6.16. The minimum atomic E-state index is -0.479. The van der Waals surface area contributed by atoms with Crippen LogP contribution < -0.4 is 10.2 Å². The first-order valence-electron chi connectivity index (χ1n) is 12.0. The van der Waals surface area contributed by atoms with Crippen molar-refractivity contribution in [1.82, 2.24) is 14.9 Å². The summed E-state index contributed by atoms with van der Waals surface area (Å²) in [5.74, 6) is -0.334. The van der Waals surface area contributed by atoms with Gasteiger partial charge in [0, 0.05) is 47.9 Å². The Balaban J connectivity index is 1.23. The highest BCUT2D eigenvalue weighted by Gasteiger charge is 2.33. The molecule has 5 rings (SSSR count). The van der Waals surface area contributed by atoms with Crippen molar-refractivity contribution in [3.05, 3.63) is 92.8 Å². The lowest BCUT2D eigenvalue weighted by atomic mass is 10.1. The first-order chi connectivity index (χ1) is 17.1. The maximum Gasteiger partial charge on any atom is 0.207 e. The molecule has 0 saturated heterocycles. The maximum atomic E-state index is 15.5. The van der Waals surface area contributed by atoms with E-state index in [9.17, 15) is 4.39 Å². The van der Waals surface area contributed by atoms with E-state index in [0.717, 1.165) is 42.5 Å². The molecule has 1 aromatic heterocycles. The van der Waals surface area contributed by atoms with Crippen molar-refractivity contribution in [1.29, 1.82) is 0 Å². The lowest BCUT2D eigenvalue weighted by molar-refractivity contribution is 0.285. The van der Waals surface area contributed by atoms with E-state index in [-0.39, 0.29) is 30.0 Å². The van der Waals surface area contributed by atoms with Crippen LogP contribution in [0.15, 0.2) is 66.5 Å². The van der Waals surface area contributed by atoms with E-state index in [0.29, 0.717) is 12.1 Å². The van der Waals surface area contributed by atoms with E-state index in [1.807, 2.05) is 17.0 Å². The van der Waals surface area contributed by atoms with Crippen LogP contribution in [0.3, 0.4) is 0 Å². The summed E-state index contributed by atoms with van der Waals surface area (Å²) in [4.78, 5) is 12.7. The smallest absolute Gasteiger partial charge is 0.207 e. The van der Waals surface area contributed by atoms with Gasteiger partial charge in [0.15, 0.2) is 11.6 Å². The summed E-state index contributed by atoms with van der Waals surface area (Å²) < 4.78 is 30.8. The predicted molar refractivity (Wildman–Crippen MR) is 143 cm³/mol. The van der Waals surface area contributed by atoms with E-state index < -0.39 is 5.82 Å². The third-order valence-electron chi connectivity index (χ3n) is 6.51. The van der Waals surface area contributed by atoms with E-state index in [2.05, 4.69) is 73.1 Å². The minimum absolute atomic E-state index is 0.169. The molecule has 2 aliphatic rings. The fourth-order valence-corrected chi connectivity index (χ4v) is 4.83. The molecule has 3 aromatic rings. The van der Waals surface area contributed by atoms with Crippen molar-refractivity contribution in [2.75, 3.05) is 29.9 Å². The monoisotopic (exact) mass is 587 g/mol. The van der Waals surface area contributed by atoms with E-state index in [1.165, 1.54) is 23.5 Å². The number of rotatable bonds is 9. The molecular formula is C27H28F2IN5.